The summed E-state index contributed by atoms with van der Waals surface area (Å²) in [6.07, 6.45) is -3.24. The molecule has 1 atom stereocenters. The second kappa shape index (κ2) is 9.96. The molecule has 8 heteroatoms. The van der Waals surface area contributed by atoms with Crippen LogP contribution in [-0.4, -0.2) is 67.7 Å². The molecule has 0 aliphatic carbocycles. The van der Waals surface area contributed by atoms with E-state index in [-0.39, 0.29) is 11.3 Å². The fourth-order valence-electron chi connectivity index (χ4n) is 3.54. The van der Waals surface area contributed by atoms with Crippen molar-refractivity contribution in [1.82, 2.24) is 15.1 Å². The molecule has 1 N–H and O–H groups in total. The SMILES string of the molecule is CCNC(=NCC(C)(C)c1cccs1)N1CCC(CN(CC)CC(F)(F)F)C1. The zero-order valence-corrected chi connectivity index (χ0v) is 18.2. The van der Waals surface area contributed by atoms with Crippen molar-refractivity contribution in [3.8, 4) is 0 Å². The van der Waals surface area contributed by atoms with Crippen LogP contribution in [0, 0.1) is 5.92 Å². The monoisotopic (exact) mass is 418 g/mol. The Morgan fingerprint density at radius 1 is 1.36 bits per heavy atom. The lowest BCUT2D eigenvalue weighted by molar-refractivity contribution is -0.146. The second-order valence-electron chi connectivity index (χ2n) is 8.07. The third-order valence-corrected chi connectivity index (χ3v) is 6.33. The predicted molar refractivity (Wildman–Crippen MR) is 111 cm³/mol. The fraction of sp³-hybridized carbons (Fsp3) is 0.750. The zero-order chi connectivity index (χ0) is 20.8. The van der Waals surface area contributed by atoms with Crippen LogP contribution in [0.1, 0.15) is 39.0 Å². The van der Waals surface area contributed by atoms with Crippen molar-refractivity contribution < 1.29 is 13.2 Å². The van der Waals surface area contributed by atoms with Gasteiger partial charge in [-0.2, -0.15) is 13.2 Å². The number of aliphatic imine (C=N–C) groups is 1. The van der Waals surface area contributed by atoms with Crippen molar-refractivity contribution in [3.63, 3.8) is 0 Å². The minimum absolute atomic E-state index is 0.0420. The van der Waals surface area contributed by atoms with E-state index in [1.54, 1.807) is 18.3 Å². The molecule has 2 heterocycles. The zero-order valence-electron chi connectivity index (χ0n) is 17.4. The maximum absolute atomic E-state index is 12.7. The topological polar surface area (TPSA) is 30.9 Å². The largest absolute Gasteiger partial charge is 0.401 e. The van der Waals surface area contributed by atoms with Crippen molar-refractivity contribution in [1.29, 1.82) is 0 Å². The third kappa shape index (κ3) is 6.95. The van der Waals surface area contributed by atoms with E-state index in [1.165, 1.54) is 9.78 Å². The van der Waals surface area contributed by atoms with Gasteiger partial charge in [0.05, 0.1) is 13.1 Å². The first kappa shape index (κ1) is 23.0. The average Bonchev–Trinajstić information content (AvgIpc) is 3.29. The van der Waals surface area contributed by atoms with Crippen LogP contribution < -0.4 is 5.32 Å². The van der Waals surface area contributed by atoms with Crippen LogP contribution in [0.3, 0.4) is 0 Å². The van der Waals surface area contributed by atoms with Gasteiger partial charge in [0.15, 0.2) is 5.96 Å². The standard InChI is InChI=1S/C20H33F3N4S/c1-5-24-18(25-14-19(3,4)17-8-7-11-28-17)27-10-9-16(13-27)12-26(6-2)15-20(21,22)23/h7-8,11,16H,5-6,9-10,12-15H2,1-4H3,(H,24,25). The first-order valence-corrected chi connectivity index (χ1v) is 10.9. The highest BCUT2D eigenvalue weighted by Gasteiger charge is 2.33. The highest BCUT2D eigenvalue weighted by Crippen LogP contribution is 2.28. The van der Waals surface area contributed by atoms with Gasteiger partial charge in [0.25, 0.3) is 0 Å². The minimum Gasteiger partial charge on any atom is -0.357 e. The second-order valence-corrected chi connectivity index (χ2v) is 9.02. The lowest BCUT2D eigenvalue weighted by Crippen LogP contribution is -2.42. The third-order valence-electron chi connectivity index (χ3n) is 5.10. The number of nitrogens with one attached hydrogen (secondary N) is 1. The Kier molecular flexibility index (Phi) is 8.18. The molecule has 1 saturated heterocycles. The molecule has 1 unspecified atom stereocenters. The molecule has 4 nitrogen and oxygen atoms in total. The number of alkyl halides is 3. The van der Waals surface area contributed by atoms with Crippen molar-refractivity contribution >= 4 is 17.3 Å². The summed E-state index contributed by atoms with van der Waals surface area (Å²) < 4.78 is 38.2. The average molecular weight is 419 g/mol. The summed E-state index contributed by atoms with van der Waals surface area (Å²) in [5, 5.41) is 5.44. The van der Waals surface area contributed by atoms with Crippen molar-refractivity contribution in [2.24, 2.45) is 10.9 Å². The Bertz CT molecular complexity index is 613. The Morgan fingerprint density at radius 2 is 2.11 bits per heavy atom. The number of nitrogens with zero attached hydrogens (tertiary/aromatic N) is 3. The van der Waals surface area contributed by atoms with Crippen molar-refractivity contribution in [2.75, 3.05) is 45.8 Å². The summed E-state index contributed by atoms with van der Waals surface area (Å²) in [5.74, 6) is 1.10. The molecule has 1 aliphatic heterocycles. The van der Waals surface area contributed by atoms with Gasteiger partial charge >= 0.3 is 6.18 Å². The molecule has 160 valence electrons. The number of likely N-dealkylation sites (tertiary alicyclic amines) is 1. The number of guanidine groups is 1. The van der Waals surface area contributed by atoms with E-state index in [0.717, 1.165) is 32.0 Å². The molecule has 1 aliphatic rings. The van der Waals surface area contributed by atoms with Gasteiger partial charge in [0, 0.05) is 36.5 Å². The van der Waals surface area contributed by atoms with E-state index < -0.39 is 12.7 Å². The molecule has 0 radical (unpaired) electrons. The highest BCUT2D eigenvalue weighted by molar-refractivity contribution is 7.10. The van der Waals surface area contributed by atoms with Crippen LogP contribution in [0.4, 0.5) is 13.2 Å². The fourth-order valence-corrected chi connectivity index (χ4v) is 4.38. The molecule has 1 aromatic rings. The maximum Gasteiger partial charge on any atom is 0.401 e. The van der Waals surface area contributed by atoms with Crippen LogP contribution in [0.5, 0.6) is 0 Å². The molecule has 0 bridgehead atoms. The summed E-state index contributed by atoms with van der Waals surface area (Å²) in [6.45, 7) is 11.3. The highest BCUT2D eigenvalue weighted by atomic mass is 32.1. The minimum atomic E-state index is -4.14. The normalized spacial score (nSPS) is 18.9. The van der Waals surface area contributed by atoms with Crippen LogP contribution in [0.25, 0.3) is 0 Å². The van der Waals surface area contributed by atoms with E-state index in [1.807, 2.05) is 6.92 Å². The number of thiophene rings is 1. The molecule has 0 amide bonds. The predicted octanol–water partition coefficient (Wildman–Crippen LogP) is 4.20. The Balaban J connectivity index is 1.97. The maximum atomic E-state index is 12.7. The Labute approximate surface area is 170 Å². The molecule has 0 spiro atoms. The first-order chi connectivity index (χ1) is 13.1. The number of hydrogen-bond donors (Lipinski definition) is 1. The van der Waals surface area contributed by atoms with E-state index in [0.29, 0.717) is 19.6 Å². The number of hydrogen-bond acceptors (Lipinski definition) is 3. The summed E-state index contributed by atoms with van der Waals surface area (Å²) in [7, 11) is 0. The first-order valence-electron chi connectivity index (χ1n) is 10.0. The lowest BCUT2D eigenvalue weighted by Gasteiger charge is -2.27. The van der Waals surface area contributed by atoms with Gasteiger partial charge in [-0.3, -0.25) is 9.89 Å². The van der Waals surface area contributed by atoms with Crippen LogP contribution in [-0.2, 0) is 5.41 Å². The van der Waals surface area contributed by atoms with E-state index in [4.69, 9.17) is 4.99 Å². The van der Waals surface area contributed by atoms with Crippen molar-refractivity contribution in [3.05, 3.63) is 22.4 Å². The summed E-state index contributed by atoms with van der Waals surface area (Å²) in [5.41, 5.74) is -0.0420. The van der Waals surface area contributed by atoms with Crippen molar-refractivity contribution in [2.45, 2.75) is 45.7 Å². The summed E-state index contributed by atoms with van der Waals surface area (Å²) >= 11 is 1.74. The van der Waals surface area contributed by atoms with E-state index in [2.05, 4.69) is 41.6 Å². The van der Waals surface area contributed by atoms with Crippen LogP contribution in [0.15, 0.2) is 22.5 Å². The number of rotatable bonds is 8. The molecule has 28 heavy (non-hydrogen) atoms. The smallest absolute Gasteiger partial charge is 0.357 e. The molecule has 0 saturated carbocycles. The van der Waals surface area contributed by atoms with Gasteiger partial charge in [-0.25, -0.2) is 0 Å². The molecular formula is C20H33F3N4S. The van der Waals surface area contributed by atoms with Crippen LogP contribution in [0.2, 0.25) is 0 Å². The van der Waals surface area contributed by atoms with Gasteiger partial charge in [-0.05, 0) is 37.3 Å². The molecule has 2 rings (SSSR count). The quantitative estimate of drug-likeness (QED) is 0.507. The van der Waals surface area contributed by atoms with Crippen LogP contribution >= 0.6 is 11.3 Å². The molecule has 1 aromatic heterocycles. The lowest BCUT2D eigenvalue weighted by atomic mass is 9.92. The summed E-state index contributed by atoms with van der Waals surface area (Å²) in [4.78, 5) is 9.86. The Hall–Kier alpha value is -1.28. The Morgan fingerprint density at radius 3 is 2.68 bits per heavy atom. The van der Waals surface area contributed by atoms with Gasteiger partial charge < -0.3 is 10.2 Å². The molecule has 1 fully saturated rings. The molecule has 0 aromatic carbocycles. The molecular weight excluding hydrogens is 385 g/mol. The van der Waals surface area contributed by atoms with E-state index >= 15 is 0 Å². The number of halogens is 3. The van der Waals surface area contributed by atoms with Gasteiger partial charge in [-0.1, -0.05) is 26.8 Å². The van der Waals surface area contributed by atoms with E-state index in [9.17, 15) is 13.2 Å². The van der Waals surface area contributed by atoms with Gasteiger partial charge in [0.1, 0.15) is 0 Å². The van der Waals surface area contributed by atoms with Gasteiger partial charge in [-0.15, -0.1) is 11.3 Å². The van der Waals surface area contributed by atoms with Gasteiger partial charge in [0.2, 0.25) is 0 Å². The summed E-state index contributed by atoms with van der Waals surface area (Å²) in [6, 6.07) is 4.20.